The maximum atomic E-state index is 4.62. The topological polar surface area (TPSA) is 17.3 Å². The molecule has 18 heavy (non-hydrogen) atoms. The third-order valence-electron chi connectivity index (χ3n) is 2.76. The molecule has 0 unspecified atom stereocenters. The Kier molecular flexibility index (Phi) is 3.88. The number of hydrogen-bond donors (Lipinski definition) is 0. The fourth-order valence-electron chi connectivity index (χ4n) is 1.84. The first-order valence-corrected chi connectivity index (χ1v) is 6.23. The van der Waals surface area contributed by atoms with Crippen molar-refractivity contribution in [2.45, 2.75) is 6.92 Å². The van der Waals surface area contributed by atoms with E-state index < -0.39 is 0 Å². The van der Waals surface area contributed by atoms with Crippen molar-refractivity contribution in [3.8, 4) is 11.3 Å². The Morgan fingerprint density at radius 3 is 2.56 bits per heavy atom. The smallest absolute Gasteiger partial charge is 0.137 e. The first kappa shape index (κ1) is 13.3. The Hall–Kier alpha value is -1.13. The summed E-state index contributed by atoms with van der Waals surface area (Å²) in [5.41, 5.74) is 4.35. The molecular formula is C14H12Br2N2. The van der Waals surface area contributed by atoms with E-state index in [1.807, 2.05) is 22.7 Å². The van der Waals surface area contributed by atoms with E-state index in [9.17, 15) is 0 Å². The lowest BCUT2D eigenvalue weighted by atomic mass is 10.2. The fraction of sp³-hybridized carbons (Fsp3) is 0.0714. The molecule has 0 bridgehead atoms. The first-order valence-electron chi connectivity index (χ1n) is 5.44. The summed E-state index contributed by atoms with van der Waals surface area (Å²) < 4.78 is 3.13. The van der Waals surface area contributed by atoms with Gasteiger partial charge in [-0.25, -0.2) is 4.98 Å². The summed E-state index contributed by atoms with van der Waals surface area (Å²) in [4.78, 5) is 4.62. The van der Waals surface area contributed by atoms with E-state index in [0.29, 0.717) is 0 Å². The molecule has 0 N–H and O–H groups in total. The molecule has 92 valence electrons. The van der Waals surface area contributed by atoms with Crippen molar-refractivity contribution in [2.75, 3.05) is 0 Å². The second-order valence-corrected chi connectivity index (χ2v) is 5.02. The Bertz CT molecular complexity index is 672. The Balaban J connectivity index is 0.00000120. The highest BCUT2D eigenvalue weighted by molar-refractivity contribution is 9.10. The molecule has 0 aliphatic rings. The normalized spacial score (nSPS) is 10.3. The number of benzene rings is 1. The minimum absolute atomic E-state index is 0. The van der Waals surface area contributed by atoms with E-state index in [4.69, 9.17) is 0 Å². The molecule has 1 aromatic carbocycles. The van der Waals surface area contributed by atoms with Crippen LogP contribution in [0.25, 0.3) is 16.9 Å². The number of hydrogen-bond acceptors (Lipinski definition) is 1. The minimum atomic E-state index is 0. The standard InChI is InChI=1S/C14H11BrN2.BrH/c1-10-6-7-17-9-13(16-14(17)8-10)11-2-4-12(15)5-3-11;/h2-9H,1H3;1H. The molecule has 2 nitrogen and oxygen atoms in total. The molecule has 3 aromatic rings. The van der Waals surface area contributed by atoms with E-state index in [2.05, 4.69) is 58.3 Å². The lowest BCUT2D eigenvalue weighted by molar-refractivity contribution is 1.17. The molecule has 0 saturated carbocycles. The van der Waals surface area contributed by atoms with Crippen LogP contribution in [-0.2, 0) is 0 Å². The van der Waals surface area contributed by atoms with E-state index in [0.717, 1.165) is 21.4 Å². The second-order valence-electron chi connectivity index (χ2n) is 4.10. The molecule has 0 atom stereocenters. The quantitative estimate of drug-likeness (QED) is 0.611. The van der Waals surface area contributed by atoms with Crippen LogP contribution >= 0.6 is 32.9 Å². The van der Waals surface area contributed by atoms with Crippen LogP contribution in [0.5, 0.6) is 0 Å². The first-order chi connectivity index (χ1) is 8.22. The third kappa shape index (κ3) is 2.49. The zero-order valence-electron chi connectivity index (χ0n) is 9.80. The number of aryl methyl sites for hydroxylation is 1. The lowest BCUT2D eigenvalue weighted by Crippen LogP contribution is -1.81. The zero-order valence-corrected chi connectivity index (χ0v) is 13.1. The highest BCUT2D eigenvalue weighted by Gasteiger charge is 2.03. The molecular weight excluding hydrogens is 356 g/mol. The van der Waals surface area contributed by atoms with Gasteiger partial charge in [0.1, 0.15) is 5.65 Å². The van der Waals surface area contributed by atoms with Crippen LogP contribution in [0.2, 0.25) is 0 Å². The predicted molar refractivity (Wildman–Crippen MR) is 83.4 cm³/mol. The maximum absolute atomic E-state index is 4.62. The molecule has 0 saturated heterocycles. The van der Waals surface area contributed by atoms with Gasteiger partial charge in [-0.2, -0.15) is 0 Å². The summed E-state index contributed by atoms with van der Waals surface area (Å²) in [5, 5.41) is 0. The monoisotopic (exact) mass is 366 g/mol. The van der Waals surface area contributed by atoms with Crippen molar-refractivity contribution in [3.63, 3.8) is 0 Å². The van der Waals surface area contributed by atoms with Gasteiger partial charge >= 0.3 is 0 Å². The average Bonchev–Trinajstić information content (AvgIpc) is 2.72. The van der Waals surface area contributed by atoms with Gasteiger partial charge in [0.15, 0.2) is 0 Å². The van der Waals surface area contributed by atoms with Crippen LogP contribution in [0.15, 0.2) is 53.3 Å². The summed E-state index contributed by atoms with van der Waals surface area (Å²) in [6.45, 7) is 2.08. The molecule has 2 heterocycles. The molecule has 4 heteroatoms. The van der Waals surface area contributed by atoms with Crippen molar-refractivity contribution in [1.29, 1.82) is 0 Å². The van der Waals surface area contributed by atoms with E-state index >= 15 is 0 Å². The molecule has 0 aliphatic heterocycles. The molecule has 0 radical (unpaired) electrons. The van der Waals surface area contributed by atoms with Crippen molar-refractivity contribution in [2.24, 2.45) is 0 Å². The Morgan fingerprint density at radius 1 is 1.11 bits per heavy atom. The van der Waals surface area contributed by atoms with Crippen LogP contribution < -0.4 is 0 Å². The molecule has 0 aliphatic carbocycles. The highest BCUT2D eigenvalue weighted by atomic mass is 79.9. The molecule has 0 amide bonds. The Morgan fingerprint density at radius 2 is 1.83 bits per heavy atom. The van der Waals surface area contributed by atoms with Crippen molar-refractivity contribution >= 4 is 38.6 Å². The number of aromatic nitrogens is 2. The van der Waals surface area contributed by atoms with Crippen molar-refractivity contribution in [3.05, 3.63) is 58.8 Å². The average molecular weight is 368 g/mol. The Labute approximate surface area is 125 Å². The van der Waals surface area contributed by atoms with Crippen molar-refractivity contribution in [1.82, 2.24) is 9.38 Å². The van der Waals surface area contributed by atoms with Crippen LogP contribution in [-0.4, -0.2) is 9.38 Å². The largest absolute Gasteiger partial charge is 0.306 e. The zero-order chi connectivity index (χ0) is 11.8. The van der Waals surface area contributed by atoms with Gasteiger partial charge in [-0.15, -0.1) is 17.0 Å². The number of rotatable bonds is 1. The maximum Gasteiger partial charge on any atom is 0.137 e. The van der Waals surface area contributed by atoms with Gasteiger partial charge in [0.2, 0.25) is 0 Å². The lowest BCUT2D eigenvalue weighted by Gasteiger charge is -1.95. The summed E-state index contributed by atoms with van der Waals surface area (Å²) in [6, 6.07) is 12.4. The van der Waals surface area contributed by atoms with Gasteiger partial charge in [-0.3, -0.25) is 0 Å². The van der Waals surface area contributed by atoms with Crippen molar-refractivity contribution < 1.29 is 0 Å². The number of halogens is 2. The molecule has 2 aromatic heterocycles. The van der Waals surface area contributed by atoms with E-state index in [1.54, 1.807) is 0 Å². The summed E-state index contributed by atoms with van der Waals surface area (Å²) >= 11 is 3.44. The number of imidazole rings is 1. The summed E-state index contributed by atoms with van der Waals surface area (Å²) in [7, 11) is 0. The van der Waals surface area contributed by atoms with Crippen LogP contribution in [0.3, 0.4) is 0 Å². The SMILES string of the molecule is Br.Cc1ccn2cc(-c3ccc(Br)cc3)nc2c1. The van der Waals surface area contributed by atoms with E-state index in [-0.39, 0.29) is 17.0 Å². The predicted octanol–water partition coefficient (Wildman–Crippen LogP) is 4.65. The summed E-state index contributed by atoms with van der Waals surface area (Å²) in [5.74, 6) is 0. The van der Waals surface area contributed by atoms with Crippen LogP contribution in [0.4, 0.5) is 0 Å². The van der Waals surface area contributed by atoms with Gasteiger partial charge in [0.05, 0.1) is 5.69 Å². The van der Waals surface area contributed by atoms with E-state index in [1.165, 1.54) is 5.56 Å². The van der Waals surface area contributed by atoms with Crippen LogP contribution in [0.1, 0.15) is 5.56 Å². The number of fused-ring (bicyclic) bond motifs is 1. The molecule has 3 rings (SSSR count). The number of pyridine rings is 1. The molecule has 0 spiro atoms. The van der Waals surface area contributed by atoms with Crippen LogP contribution in [0, 0.1) is 6.92 Å². The van der Waals surface area contributed by atoms with Gasteiger partial charge in [0.25, 0.3) is 0 Å². The number of nitrogens with zero attached hydrogens (tertiary/aromatic N) is 2. The minimum Gasteiger partial charge on any atom is -0.306 e. The second kappa shape index (κ2) is 5.24. The molecule has 0 fully saturated rings. The van der Waals surface area contributed by atoms with Gasteiger partial charge in [0, 0.05) is 22.4 Å². The third-order valence-corrected chi connectivity index (χ3v) is 3.28. The highest BCUT2D eigenvalue weighted by Crippen LogP contribution is 2.21. The van der Waals surface area contributed by atoms with Gasteiger partial charge in [-0.1, -0.05) is 28.1 Å². The fourth-order valence-corrected chi connectivity index (χ4v) is 2.11. The summed E-state index contributed by atoms with van der Waals surface area (Å²) in [6.07, 6.45) is 4.10. The van der Waals surface area contributed by atoms with Gasteiger partial charge in [-0.05, 0) is 36.8 Å². The van der Waals surface area contributed by atoms with Gasteiger partial charge < -0.3 is 4.40 Å².